The molecule has 0 atom stereocenters. The summed E-state index contributed by atoms with van der Waals surface area (Å²) in [6.07, 6.45) is 0. The van der Waals surface area contributed by atoms with Crippen LogP contribution in [0.5, 0.6) is 0 Å². The summed E-state index contributed by atoms with van der Waals surface area (Å²) in [6, 6.07) is 7.71. The van der Waals surface area contributed by atoms with Crippen molar-refractivity contribution >= 4 is 40.2 Å². The minimum absolute atomic E-state index is 0.0615. The molecule has 1 heterocycles. The third kappa shape index (κ3) is 3.49. The van der Waals surface area contributed by atoms with Crippen molar-refractivity contribution < 1.29 is 4.79 Å². The summed E-state index contributed by atoms with van der Waals surface area (Å²) in [5.74, 6) is -0.0615. The lowest BCUT2D eigenvalue weighted by molar-refractivity contribution is -0.114. The molecule has 0 aliphatic carbocycles. The largest absolute Gasteiger partial charge is 0.379 e. The van der Waals surface area contributed by atoms with E-state index in [0.717, 1.165) is 21.8 Å². The number of carbonyl (C=O) groups excluding carboxylic acids is 1. The minimum atomic E-state index is -0.0615. The second kappa shape index (κ2) is 6.08. The topological polar surface area (TPSA) is 41.1 Å². The first-order chi connectivity index (χ1) is 9.08. The maximum absolute atomic E-state index is 11.1. The van der Waals surface area contributed by atoms with E-state index in [1.165, 1.54) is 6.92 Å². The highest BCUT2D eigenvalue weighted by atomic mass is 35.5. The Morgan fingerprint density at radius 1 is 1.37 bits per heavy atom. The van der Waals surface area contributed by atoms with Crippen LogP contribution in [0.2, 0.25) is 5.02 Å². The molecule has 0 unspecified atom stereocenters. The summed E-state index contributed by atoms with van der Waals surface area (Å²) in [6.45, 7) is 4.16. The molecule has 0 aliphatic rings. The Morgan fingerprint density at radius 2 is 2.16 bits per heavy atom. The number of aryl methyl sites for hydroxylation is 1. The number of thiophene rings is 1. The summed E-state index contributed by atoms with van der Waals surface area (Å²) in [4.78, 5) is 12.2. The zero-order valence-corrected chi connectivity index (χ0v) is 12.4. The standard InChI is InChI=1S/C14H15ClN2OS/c1-9-4-3-5-11(15)14(9)16-8-13-12(6-7-19-13)17-10(2)18/h3-7,16H,8H2,1-2H3,(H,17,18). The van der Waals surface area contributed by atoms with Crippen LogP contribution in [0.25, 0.3) is 0 Å². The van der Waals surface area contributed by atoms with Crippen LogP contribution >= 0.6 is 22.9 Å². The Kier molecular flexibility index (Phi) is 4.45. The van der Waals surface area contributed by atoms with Crippen molar-refractivity contribution in [3.05, 3.63) is 45.1 Å². The molecule has 0 saturated heterocycles. The number of benzene rings is 1. The van der Waals surface area contributed by atoms with Gasteiger partial charge in [-0.1, -0.05) is 23.7 Å². The number of hydrogen-bond donors (Lipinski definition) is 2. The maximum Gasteiger partial charge on any atom is 0.221 e. The van der Waals surface area contributed by atoms with Gasteiger partial charge in [-0.05, 0) is 30.0 Å². The molecule has 100 valence electrons. The van der Waals surface area contributed by atoms with E-state index >= 15 is 0 Å². The molecule has 1 amide bonds. The quantitative estimate of drug-likeness (QED) is 0.883. The predicted molar refractivity (Wildman–Crippen MR) is 82.1 cm³/mol. The molecule has 0 fully saturated rings. The van der Waals surface area contributed by atoms with Crippen LogP contribution in [0.15, 0.2) is 29.6 Å². The average molecular weight is 295 g/mol. The van der Waals surface area contributed by atoms with Crippen molar-refractivity contribution in [2.45, 2.75) is 20.4 Å². The van der Waals surface area contributed by atoms with Crippen LogP contribution in [0.4, 0.5) is 11.4 Å². The van der Waals surface area contributed by atoms with E-state index in [9.17, 15) is 4.79 Å². The number of anilines is 2. The summed E-state index contributed by atoms with van der Waals surface area (Å²) in [7, 11) is 0. The Bertz CT molecular complexity index is 575. The lowest BCUT2D eigenvalue weighted by Crippen LogP contribution is -2.08. The maximum atomic E-state index is 11.1. The summed E-state index contributed by atoms with van der Waals surface area (Å²) in [5.41, 5.74) is 2.89. The molecule has 0 radical (unpaired) electrons. The lowest BCUT2D eigenvalue weighted by Gasteiger charge is -2.11. The summed E-state index contributed by atoms with van der Waals surface area (Å²) >= 11 is 7.77. The second-order valence-electron chi connectivity index (χ2n) is 4.22. The van der Waals surface area contributed by atoms with Crippen LogP contribution in [-0.2, 0) is 11.3 Å². The Balaban J connectivity index is 2.11. The van der Waals surface area contributed by atoms with Gasteiger partial charge in [0.25, 0.3) is 0 Å². The van der Waals surface area contributed by atoms with Gasteiger partial charge in [-0.3, -0.25) is 4.79 Å². The molecule has 2 aromatic rings. The second-order valence-corrected chi connectivity index (χ2v) is 5.63. The molecule has 2 rings (SSSR count). The number of nitrogens with one attached hydrogen (secondary N) is 2. The van der Waals surface area contributed by atoms with Crippen LogP contribution in [-0.4, -0.2) is 5.91 Å². The van der Waals surface area contributed by atoms with Crippen LogP contribution in [0, 0.1) is 6.92 Å². The SMILES string of the molecule is CC(=O)Nc1ccsc1CNc1c(C)cccc1Cl. The van der Waals surface area contributed by atoms with Gasteiger partial charge < -0.3 is 10.6 Å². The van der Waals surface area contributed by atoms with Crippen molar-refractivity contribution in [2.75, 3.05) is 10.6 Å². The molecule has 19 heavy (non-hydrogen) atoms. The molecule has 5 heteroatoms. The fraction of sp³-hybridized carbons (Fsp3) is 0.214. The molecule has 0 aliphatic heterocycles. The van der Waals surface area contributed by atoms with E-state index in [2.05, 4.69) is 10.6 Å². The van der Waals surface area contributed by atoms with Gasteiger partial charge >= 0.3 is 0 Å². The third-order valence-corrected chi connectivity index (χ3v) is 3.94. The summed E-state index contributed by atoms with van der Waals surface area (Å²) in [5, 5.41) is 8.81. The smallest absolute Gasteiger partial charge is 0.221 e. The van der Waals surface area contributed by atoms with Crippen LogP contribution in [0.3, 0.4) is 0 Å². The highest BCUT2D eigenvalue weighted by Crippen LogP contribution is 2.28. The molecule has 0 spiro atoms. The van der Waals surface area contributed by atoms with E-state index in [4.69, 9.17) is 11.6 Å². The van der Waals surface area contributed by atoms with Gasteiger partial charge in [-0.2, -0.15) is 0 Å². The number of hydrogen-bond acceptors (Lipinski definition) is 3. The van der Waals surface area contributed by atoms with Crippen molar-refractivity contribution in [1.29, 1.82) is 0 Å². The van der Waals surface area contributed by atoms with Crippen LogP contribution in [0.1, 0.15) is 17.4 Å². The van der Waals surface area contributed by atoms with Gasteiger partial charge in [0.05, 0.1) is 22.9 Å². The normalized spacial score (nSPS) is 10.3. The van der Waals surface area contributed by atoms with Crippen molar-refractivity contribution in [3.63, 3.8) is 0 Å². The van der Waals surface area contributed by atoms with Gasteiger partial charge in [0.2, 0.25) is 5.91 Å². The van der Waals surface area contributed by atoms with Gasteiger partial charge in [0.1, 0.15) is 0 Å². The van der Waals surface area contributed by atoms with Gasteiger partial charge in [0.15, 0.2) is 0 Å². The molecule has 1 aromatic heterocycles. The zero-order chi connectivity index (χ0) is 13.8. The number of rotatable bonds is 4. The first kappa shape index (κ1) is 13.9. The number of amides is 1. The van der Waals surface area contributed by atoms with E-state index in [1.54, 1.807) is 11.3 Å². The fourth-order valence-corrected chi connectivity index (χ4v) is 2.86. The average Bonchev–Trinajstić information content (AvgIpc) is 2.75. The van der Waals surface area contributed by atoms with E-state index < -0.39 is 0 Å². The first-order valence-electron chi connectivity index (χ1n) is 5.91. The zero-order valence-electron chi connectivity index (χ0n) is 10.8. The Morgan fingerprint density at radius 3 is 2.84 bits per heavy atom. The Labute approximate surface area is 121 Å². The number of carbonyl (C=O) groups is 1. The van der Waals surface area contributed by atoms with Gasteiger partial charge in [-0.15, -0.1) is 11.3 Å². The first-order valence-corrected chi connectivity index (χ1v) is 7.16. The van der Waals surface area contributed by atoms with Crippen molar-refractivity contribution in [2.24, 2.45) is 0 Å². The number of para-hydroxylation sites is 1. The molecule has 2 N–H and O–H groups in total. The van der Waals surface area contributed by atoms with E-state index in [1.807, 2.05) is 36.6 Å². The molecule has 0 bridgehead atoms. The van der Waals surface area contributed by atoms with Crippen molar-refractivity contribution in [3.8, 4) is 0 Å². The molecule has 1 aromatic carbocycles. The third-order valence-electron chi connectivity index (χ3n) is 2.70. The monoisotopic (exact) mass is 294 g/mol. The Hall–Kier alpha value is -1.52. The van der Waals surface area contributed by atoms with Gasteiger partial charge in [-0.25, -0.2) is 0 Å². The summed E-state index contributed by atoms with van der Waals surface area (Å²) < 4.78 is 0. The highest BCUT2D eigenvalue weighted by Gasteiger charge is 2.08. The minimum Gasteiger partial charge on any atom is -0.379 e. The number of halogens is 1. The van der Waals surface area contributed by atoms with E-state index in [-0.39, 0.29) is 5.91 Å². The predicted octanol–water partition coefficient (Wildman–Crippen LogP) is 4.28. The fourth-order valence-electron chi connectivity index (χ4n) is 1.80. The highest BCUT2D eigenvalue weighted by molar-refractivity contribution is 7.10. The lowest BCUT2D eigenvalue weighted by atomic mass is 10.2. The van der Waals surface area contributed by atoms with Gasteiger partial charge in [0, 0.05) is 11.8 Å². The van der Waals surface area contributed by atoms with E-state index in [0.29, 0.717) is 11.6 Å². The van der Waals surface area contributed by atoms with Crippen molar-refractivity contribution in [1.82, 2.24) is 0 Å². The van der Waals surface area contributed by atoms with Crippen LogP contribution < -0.4 is 10.6 Å². The molecular weight excluding hydrogens is 280 g/mol. The molecular formula is C14H15ClN2OS. The molecule has 0 saturated carbocycles. The molecule has 3 nitrogen and oxygen atoms in total.